The van der Waals surface area contributed by atoms with E-state index >= 15 is 0 Å². The Hall–Kier alpha value is -2.69. The van der Waals surface area contributed by atoms with Crippen LogP contribution in [0, 0.1) is 5.82 Å². The number of aromatic carboxylic acids is 1. The highest BCUT2D eigenvalue weighted by atomic mass is 19.1. The smallest absolute Gasteiger partial charge is 0.335 e. The third kappa shape index (κ3) is 2.38. The highest BCUT2D eigenvalue weighted by Crippen LogP contribution is 2.25. The van der Waals surface area contributed by atoms with Crippen molar-refractivity contribution in [2.75, 3.05) is 11.4 Å². The van der Waals surface area contributed by atoms with Gasteiger partial charge in [-0.15, -0.1) is 0 Å². The summed E-state index contributed by atoms with van der Waals surface area (Å²) >= 11 is 0. The van der Waals surface area contributed by atoms with Gasteiger partial charge in [0.2, 0.25) is 0 Å². The number of nitrogens with zero attached hydrogens (tertiary/aromatic N) is 1. The highest BCUT2D eigenvalue weighted by molar-refractivity contribution is 6.08. The van der Waals surface area contributed by atoms with Gasteiger partial charge in [-0.2, -0.15) is 0 Å². The number of rotatable bonds is 2. The molecule has 21 heavy (non-hydrogen) atoms. The van der Waals surface area contributed by atoms with Crippen molar-refractivity contribution < 1.29 is 19.1 Å². The fourth-order valence-corrected chi connectivity index (χ4v) is 2.49. The minimum Gasteiger partial charge on any atom is -0.478 e. The average Bonchev–Trinajstić information content (AvgIpc) is 2.47. The van der Waals surface area contributed by atoms with E-state index in [0.29, 0.717) is 29.8 Å². The molecule has 3 rings (SSSR count). The van der Waals surface area contributed by atoms with Crippen LogP contribution in [0.4, 0.5) is 10.1 Å². The van der Waals surface area contributed by atoms with Crippen LogP contribution in [0.5, 0.6) is 0 Å². The summed E-state index contributed by atoms with van der Waals surface area (Å²) in [6.45, 7) is 0.446. The Labute approximate surface area is 120 Å². The van der Waals surface area contributed by atoms with Crippen molar-refractivity contribution in [2.24, 2.45) is 0 Å². The molecule has 1 N–H and O–H groups in total. The maximum Gasteiger partial charge on any atom is 0.335 e. The molecular formula is C16H12FNO3. The third-order valence-electron chi connectivity index (χ3n) is 3.57. The van der Waals surface area contributed by atoms with Crippen molar-refractivity contribution in [3.63, 3.8) is 0 Å². The normalized spacial score (nSPS) is 14.0. The predicted molar refractivity (Wildman–Crippen MR) is 75.2 cm³/mol. The van der Waals surface area contributed by atoms with E-state index in [4.69, 9.17) is 5.11 Å². The summed E-state index contributed by atoms with van der Waals surface area (Å²) in [4.78, 5) is 24.8. The molecule has 0 aromatic heterocycles. The zero-order valence-corrected chi connectivity index (χ0v) is 11.0. The number of carbonyl (C=O) groups excluding carboxylic acids is 1. The number of halogens is 1. The number of hydrogen-bond acceptors (Lipinski definition) is 2. The standard InChI is InChI=1S/C16H12FNO3/c17-12-3-6-14-11(9-12)7-8-18(15(14)19)13-4-1-10(2-5-13)16(20)21/h1-6,9H,7-8H2,(H,20,21). The van der Waals surface area contributed by atoms with Crippen LogP contribution >= 0.6 is 0 Å². The van der Waals surface area contributed by atoms with Gasteiger partial charge in [-0.25, -0.2) is 9.18 Å². The monoisotopic (exact) mass is 285 g/mol. The quantitative estimate of drug-likeness (QED) is 0.923. The molecule has 106 valence electrons. The van der Waals surface area contributed by atoms with E-state index in [1.165, 1.54) is 30.3 Å². The lowest BCUT2D eigenvalue weighted by atomic mass is 9.98. The maximum atomic E-state index is 13.2. The second-order valence-corrected chi connectivity index (χ2v) is 4.86. The van der Waals surface area contributed by atoms with E-state index in [9.17, 15) is 14.0 Å². The number of amides is 1. The Kier molecular flexibility index (Phi) is 3.17. The van der Waals surface area contributed by atoms with Crippen LogP contribution in [0.25, 0.3) is 0 Å². The number of anilines is 1. The average molecular weight is 285 g/mol. The molecule has 0 unspecified atom stereocenters. The van der Waals surface area contributed by atoms with Gasteiger partial charge in [-0.05, 0) is 54.4 Å². The molecule has 0 saturated carbocycles. The fraction of sp³-hybridized carbons (Fsp3) is 0.125. The minimum absolute atomic E-state index is 0.172. The SMILES string of the molecule is O=C(O)c1ccc(N2CCc3cc(F)ccc3C2=O)cc1. The molecule has 1 amide bonds. The van der Waals surface area contributed by atoms with E-state index in [0.717, 1.165) is 0 Å². The molecule has 1 heterocycles. The molecule has 0 spiro atoms. The number of hydrogen-bond donors (Lipinski definition) is 1. The molecule has 2 aromatic carbocycles. The van der Waals surface area contributed by atoms with Crippen LogP contribution in [0.2, 0.25) is 0 Å². The minimum atomic E-state index is -1.01. The summed E-state index contributed by atoms with van der Waals surface area (Å²) in [5.41, 5.74) is 2.01. The van der Waals surface area contributed by atoms with Crippen LogP contribution in [0.15, 0.2) is 42.5 Å². The maximum absolute atomic E-state index is 13.2. The molecule has 1 aliphatic heterocycles. The molecule has 0 atom stereocenters. The van der Waals surface area contributed by atoms with E-state index in [-0.39, 0.29) is 17.3 Å². The topological polar surface area (TPSA) is 57.6 Å². The second kappa shape index (κ2) is 5.01. The summed E-state index contributed by atoms with van der Waals surface area (Å²) in [5, 5.41) is 8.88. The van der Waals surface area contributed by atoms with E-state index in [1.54, 1.807) is 17.0 Å². The van der Waals surface area contributed by atoms with Crippen molar-refractivity contribution >= 4 is 17.6 Å². The lowest BCUT2D eigenvalue weighted by molar-refractivity contribution is 0.0696. The molecule has 0 radical (unpaired) electrons. The number of benzene rings is 2. The predicted octanol–water partition coefficient (Wildman–Crippen LogP) is 2.73. The Morgan fingerprint density at radius 2 is 1.86 bits per heavy atom. The zero-order valence-electron chi connectivity index (χ0n) is 11.0. The van der Waals surface area contributed by atoms with Gasteiger partial charge < -0.3 is 10.0 Å². The molecule has 0 fully saturated rings. The van der Waals surface area contributed by atoms with Gasteiger partial charge in [-0.3, -0.25) is 4.79 Å². The van der Waals surface area contributed by atoms with Crippen molar-refractivity contribution in [3.05, 3.63) is 65.0 Å². The summed E-state index contributed by atoms with van der Waals surface area (Å²) in [5.74, 6) is -1.55. The molecule has 0 bridgehead atoms. The molecule has 5 heteroatoms. The molecular weight excluding hydrogens is 273 g/mol. The van der Waals surface area contributed by atoms with Gasteiger partial charge in [0.05, 0.1) is 5.56 Å². The van der Waals surface area contributed by atoms with Gasteiger partial charge in [-0.1, -0.05) is 0 Å². The first-order valence-electron chi connectivity index (χ1n) is 6.50. The number of fused-ring (bicyclic) bond motifs is 1. The summed E-state index contributed by atoms with van der Waals surface area (Å²) < 4.78 is 13.2. The van der Waals surface area contributed by atoms with Crippen LogP contribution in [-0.4, -0.2) is 23.5 Å². The fourth-order valence-electron chi connectivity index (χ4n) is 2.49. The molecule has 2 aromatic rings. The Morgan fingerprint density at radius 3 is 2.52 bits per heavy atom. The summed E-state index contributed by atoms with van der Waals surface area (Å²) in [6, 6.07) is 10.3. The second-order valence-electron chi connectivity index (χ2n) is 4.86. The number of carbonyl (C=O) groups is 2. The third-order valence-corrected chi connectivity index (χ3v) is 3.57. The first kappa shape index (κ1) is 13.3. The van der Waals surface area contributed by atoms with E-state index < -0.39 is 5.97 Å². The Balaban J connectivity index is 1.92. The number of carboxylic acids is 1. The van der Waals surface area contributed by atoms with Crippen LogP contribution in [-0.2, 0) is 6.42 Å². The van der Waals surface area contributed by atoms with Gasteiger partial charge in [0.1, 0.15) is 5.82 Å². The molecule has 1 aliphatic rings. The first-order chi connectivity index (χ1) is 10.1. The van der Waals surface area contributed by atoms with Crippen molar-refractivity contribution in [3.8, 4) is 0 Å². The van der Waals surface area contributed by atoms with Gasteiger partial charge in [0, 0.05) is 17.8 Å². The lowest BCUT2D eigenvalue weighted by Gasteiger charge is -2.28. The largest absolute Gasteiger partial charge is 0.478 e. The zero-order chi connectivity index (χ0) is 15.0. The first-order valence-corrected chi connectivity index (χ1v) is 6.50. The van der Waals surface area contributed by atoms with Crippen LogP contribution < -0.4 is 4.90 Å². The van der Waals surface area contributed by atoms with E-state index in [1.807, 2.05) is 0 Å². The Morgan fingerprint density at radius 1 is 1.14 bits per heavy atom. The van der Waals surface area contributed by atoms with Crippen LogP contribution in [0.3, 0.4) is 0 Å². The highest BCUT2D eigenvalue weighted by Gasteiger charge is 2.25. The lowest BCUT2D eigenvalue weighted by Crippen LogP contribution is -2.37. The molecule has 0 saturated heterocycles. The van der Waals surface area contributed by atoms with E-state index in [2.05, 4.69) is 0 Å². The molecule has 4 nitrogen and oxygen atoms in total. The van der Waals surface area contributed by atoms with Gasteiger partial charge >= 0.3 is 5.97 Å². The summed E-state index contributed by atoms with van der Waals surface area (Å²) in [7, 11) is 0. The number of carboxylic acid groups (broad SMARTS) is 1. The van der Waals surface area contributed by atoms with Gasteiger partial charge in [0.25, 0.3) is 5.91 Å². The summed E-state index contributed by atoms with van der Waals surface area (Å²) in [6.07, 6.45) is 0.569. The van der Waals surface area contributed by atoms with Crippen LogP contribution in [0.1, 0.15) is 26.3 Å². The Bertz CT molecular complexity index is 725. The molecule has 0 aliphatic carbocycles. The van der Waals surface area contributed by atoms with Crippen molar-refractivity contribution in [1.29, 1.82) is 0 Å². The van der Waals surface area contributed by atoms with Crippen molar-refractivity contribution in [1.82, 2.24) is 0 Å². The van der Waals surface area contributed by atoms with Crippen molar-refractivity contribution in [2.45, 2.75) is 6.42 Å². The van der Waals surface area contributed by atoms with Gasteiger partial charge in [0.15, 0.2) is 0 Å².